The van der Waals surface area contributed by atoms with Crippen molar-refractivity contribution in [2.45, 2.75) is 59.5 Å². The molecule has 4 nitrogen and oxygen atoms in total. The Bertz CT molecular complexity index is 724. The van der Waals surface area contributed by atoms with E-state index < -0.39 is 5.60 Å². The Morgan fingerprint density at radius 3 is 2.54 bits per heavy atom. The Hall–Kier alpha value is -2.10. The first-order chi connectivity index (χ1) is 11.2. The van der Waals surface area contributed by atoms with Crippen LogP contribution in [0.3, 0.4) is 0 Å². The molecule has 1 aromatic carbocycles. The van der Waals surface area contributed by atoms with Crippen molar-refractivity contribution in [3.05, 3.63) is 41.2 Å². The molecule has 4 heteroatoms. The molecule has 1 aromatic heterocycles. The molecule has 0 radical (unpaired) electrons. The van der Waals surface area contributed by atoms with E-state index in [2.05, 4.69) is 31.1 Å². The number of hydrogen-bond acceptors (Lipinski definition) is 3. The first-order valence-electron chi connectivity index (χ1n) is 8.47. The van der Waals surface area contributed by atoms with E-state index in [1.54, 1.807) is 0 Å². The van der Waals surface area contributed by atoms with Gasteiger partial charge >= 0.3 is 5.97 Å². The number of carbonyl (C=O) groups is 1. The molecule has 0 atom stereocenters. The van der Waals surface area contributed by atoms with Gasteiger partial charge in [-0.05, 0) is 69.7 Å². The topological polar surface area (TPSA) is 44.1 Å². The molecule has 0 aliphatic rings. The number of hydrogen-bond donors (Lipinski definition) is 0. The summed E-state index contributed by atoms with van der Waals surface area (Å²) in [5.74, 6) is -0.124. The molecule has 2 aromatic rings. The molecule has 0 amide bonds. The molecule has 0 N–H and O–H groups in total. The van der Waals surface area contributed by atoms with Crippen LogP contribution >= 0.6 is 0 Å². The van der Waals surface area contributed by atoms with Gasteiger partial charge in [-0.1, -0.05) is 12.1 Å². The summed E-state index contributed by atoms with van der Waals surface area (Å²) >= 11 is 0. The van der Waals surface area contributed by atoms with Gasteiger partial charge in [-0.15, -0.1) is 0 Å². The Morgan fingerprint density at radius 2 is 1.96 bits per heavy atom. The van der Waals surface area contributed by atoms with Crippen LogP contribution in [0.2, 0.25) is 0 Å². The lowest BCUT2D eigenvalue weighted by molar-refractivity contribution is -0.154. The highest BCUT2D eigenvalue weighted by molar-refractivity contribution is 5.70. The summed E-state index contributed by atoms with van der Waals surface area (Å²) in [7, 11) is 1.93. The summed E-state index contributed by atoms with van der Waals surface area (Å²) in [4.78, 5) is 11.9. The highest BCUT2D eigenvalue weighted by Gasteiger charge is 2.16. The first kappa shape index (κ1) is 18.2. The van der Waals surface area contributed by atoms with Crippen molar-refractivity contribution in [2.75, 3.05) is 0 Å². The third-order valence-corrected chi connectivity index (χ3v) is 4.08. The van der Waals surface area contributed by atoms with Crippen molar-refractivity contribution in [3.63, 3.8) is 0 Å². The SMILES string of the molecule is Cc1ccc(-c2cnn(C)c2)c(C)c1CCCC(=O)OC(C)(C)C. The largest absolute Gasteiger partial charge is 0.460 e. The average molecular weight is 328 g/mol. The van der Waals surface area contributed by atoms with E-state index in [0.717, 1.165) is 18.4 Å². The molecule has 0 bridgehead atoms. The van der Waals surface area contributed by atoms with Crippen LogP contribution in [-0.2, 0) is 23.0 Å². The summed E-state index contributed by atoms with van der Waals surface area (Å²) in [6.07, 6.45) is 6.05. The molecule has 2 rings (SSSR count). The molecule has 0 aliphatic carbocycles. The zero-order chi connectivity index (χ0) is 17.9. The third kappa shape index (κ3) is 4.70. The summed E-state index contributed by atoms with van der Waals surface area (Å²) in [6, 6.07) is 4.30. The van der Waals surface area contributed by atoms with Crippen molar-refractivity contribution in [2.24, 2.45) is 7.05 Å². The molecule has 0 aliphatic heterocycles. The smallest absolute Gasteiger partial charge is 0.306 e. The normalized spacial score (nSPS) is 11.6. The molecule has 0 saturated heterocycles. The minimum Gasteiger partial charge on any atom is -0.460 e. The second kappa shape index (κ2) is 7.20. The fraction of sp³-hybridized carbons (Fsp3) is 0.500. The van der Waals surface area contributed by atoms with Gasteiger partial charge in [0.15, 0.2) is 0 Å². The van der Waals surface area contributed by atoms with Gasteiger partial charge in [0.25, 0.3) is 0 Å². The Labute approximate surface area is 144 Å². The number of aryl methyl sites for hydroxylation is 2. The number of rotatable bonds is 5. The van der Waals surface area contributed by atoms with E-state index >= 15 is 0 Å². The van der Waals surface area contributed by atoms with Crippen molar-refractivity contribution in [1.82, 2.24) is 9.78 Å². The number of nitrogens with zero attached hydrogens (tertiary/aromatic N) is 2. The molecule has 1 heterocycles. The quantitative estimate of drug-likeness (QED) is 0.766. The Morgan fingerprint density at radius 1 is 1.25 bits per heavy atom. The van der Waals surface area contributed by atoms with Gasteiger partial charge in [-0.25, -0.2) is 0 Å². The number of carbonyl (C=O) groups excluding carboxylic acids is 1. The molecule has 130 valence electrons. The fourth-order valence-corrected chi connectivity index (χ4v) is 2.95. The monoisotopic (exact) mass is 328 g/mol. The lowest BCUT2D eigenvalue weighted by Crippen LogP contribution is -2.23. The highest BCUT2D eigenvalue weighted by atomic mass is 16.6. The molecule has 0 saturated carbocycles. The van der Waals surface area contributed by atoms with Crippen LogP contribution < -0.4 is 0 Å². The minimum absolute atomic E-state index is 0.124. The van der Waals surface area contributed by atoms with Crippen LogP contribution in [-0.4, -0.2) is 21.4 Å². The van der Waals surface area contributed by atoms with Crippen molar-refractivity contribution >= 4 is 5.97 Å². The molecule has 0 unspecified atom stereocenters. The van der Waals surface area contributed by atoms with Gasteiger partial charge in [0, 0.05) is 25.2 Å². The van der Waals surface area contributed by atoms with E-state index in [1.165, 1.54) is 22.3 Å². The second-order valence-corrected chi connectivity index (χ2v) is 7.38. The van der Waals surface area contributed by atoms with Crippen LogP contribution in [0.15, 0.2) is 24.5 Å². The number of aromatic nitrogens is 2. The van der Waals surface area contributed by atoms with E-state index in [-0.39, 0.29) is 5.97 Å². The number of esters is 1. The van der Waals surface area contributed by atoms with Gasteiger partial charge in [0.1, 0.15) is 5.60 Å². The van der Waals surface area contributed by atoms with Gasteiger partial charge < -0.3 is 4.74 Å². The highest BCUT2D eigenvalue weighted by Crippen LogP contribution is 2.28. The predicted molar refractivity (Wildman–Crippen MR) is 96.9 cm³/mol. The summed E-state index contributed by atoms with van der Waals surface area (Å²) in [6.45, 7) is 9.98. The van der Waals surface area contributed by atoms with E-state index in [0.29, 0.717) is 6.42 Å². The van der Waals surface area contributed by atoms with Gasteiger partial charge in [0.05, 0.1) is 6.20 Å². The van der Waals surface area contributed by atoms with E-state index in [9.17, 15) is 4.79 Å². The van der Waals surface area contributed by atoms with Crippen LogP contribution in [0.25, 0.3) is 11.1 Å². The van der Waals surface area contributed by atoms with Crippen LogP contribution in [0, 0.1) is 13.8 Å². The lowest BCUT2D eigenvalue weighted by Gasteiger charge is -2.19. The maximum atomic E-state index is 11.9. The van der Waals surface area contributed by atoms with Crippen LogP contribution in [0.1, 0.15) is 50.3 Å². The Balaban J connectivity index is 2.09. The Kier molecular flexibility index (Phi) is 5.47. The second-order valence-electron chi connectivity index (χ2n) is 7.38. The van der Waals surface area contributed by atoms with E-state index in [1.807, 2.05) is 44.9 Å². The standard InChI is InChI=1S/C20H28N2O2/c1-14-10-11-18(16-12-21-22(6)13-16)15(2)17(14)8-7-9-19(23)24-20(3,4)5/h10-13H,7-9H2,1-6H3. The minimum atomic E-state index is -0.414. The summed E-state index contributed by atoms with van der Waals surface area (Å²) < 4.78 is 7.20. The van der Waals surface area contributed by atoms with Crippen molar-refractivity contribution < 1.29 is 9.53 Å². The zero-order valence-corrected chi connectivity index (χ0v) is 15.6. The average Bonchev–Trinajstić information content (AvgIpc) is 2.87. The van der Waals surface area contributed by atoms with Gasteiger partial charge in [-0.3, -0.25) is 9.48 Å². The maximum Gasteiger partial charge on any atom is 0.306 e. The molecule has 24 heavy (non-hydrogen) atoms. The van der Waals surface area contributed by atoms with Crippen molar-refractivity contribution in [1.29, 1.82) is 0 Å². The summed E-state index contributed by atoms with van der Waals surface area (Å²) in [5.41, 5.74) is 5.78. The summed E-state index contributed by atoms with van der Waals surface area (Å²) in [5, 5.41) is 4.26. The molecule has 0 spiro atoms. The zero-order valence-electron chi connectivity index (χ0n) is 15.6. The van der Waals surface area contributed by atoms with Crippen LogP contribution in [0.4, 0.5) is 0 Å². The fourth-order valence-electron chi connectivity index (χ4n) is 2.95. The molecular weight excluding hydrogens is 300 g/mol. The lowest BCUT2D eigenvalue weighted by atomic mass is 9.92. The predicted octanol–water partition coefficient (Wildman–Crippen LogP) is 4.37. The molecular formula is C20H28N2O2. The molecule has 0 fully saturated rings. The maximum absolute atomic E-state index is 11.9. The first-order valence-corrected chi connectivity index (χ1v) is 8.47. The number of benzene rings is 1. The van der Waals surface area contributed by atoms with Crippen molar-refractivity contribution in [3.8, 4) is 11.1 Å². The van der Waals surface area contributed by atoms with Gasteiger partial charge in [-0.2, -0.15) is 5.10 Å². The van der Waals surface area contributed by atoms with Gasteiger partial charge in [0.2, 0.25) is 0 Å². The third-order valence-electron chi connectivity index (χ3n) is 4.08. The number of ether oxygens (including phenoxy) is 1. The van der Waals surface area contributed by atoms with E-state index in [4.69, 9.17) is 4.74 Å². The van der Waals surface area contributed by atoms with Crippen LogP contribution in [0.5, 0.6) is 0 Å².